The Kier molecular flexibility index (Phi) is 4.25. The molecule has 0 aliphatic carbocycles. The van der Waals surface area contributed by atoms with Crippen molar-refractivity contribution in [3.63, 3.8) is 0 Å². The highest BCUT2D eigenvalue weighted by Gasteiger charge is 2.03. The van der Waals surface area contributed by atoms with Crippen LogP contribution in [0.15, 0.2) is 48.7 Å². The molecule has 3 aromatic rings. The van der Waals surface area contributed by atoms with Gasteiger partial charge < -0.3 is 5.32 Å². The number of benzene rings is 1. The molecule has 0 saturated heterocycles. The molecule has 0 fully saturated rings. The van der Waals surface area contributed by atoms with Gasteiger partial charge in [-0.05, 0) is 24.6 Å². The monoisotopic (exact) mass is 300 g/mol. The Morgan fingerprint density at radius 2 is 1.75 bits per heavy atom. The molecule has 0 radical (unpaired) electrons. The molecule has 3 rings (SSSR count). The number of hydrogen-bond acceptors (Lipinski definition) is 4. The number of thiophene rings is 1. The van der Waals surface area contributed by atoms with E-state index in [2.05, 4.69) is 52.8 Å². The van der Waals surface area contributed by atoms with Crippen molar-refractivity contribution in [2.24, 2.45) is 0 Å². The average Bonchev–Trinajstić information content (AvgIpc) is 3.09. The first-order chi connectivity index (χ1) is 9.81. The van der Waals surface area contributed by atoms with Gasteiger partial charge in [0.15, 0.2) is 0 Å². The molecule has 0 spiro atoms. The van der Waals surface area contributed by atoms with E-state index < -0.39 is 0 Å². The van der Waals surface area contributed by atoms with Gasteiger partial charge in [0.2, 0.25) is 0 Å². The van der Waals surface area contributed by atoms with Gasteiger partial charge in [-0.3, -0.25) is 0 Å². The highest BCUT2D eigenvalue weighted by atomic mass is 32.1. The number of nitrogens with zero attached hydrogens (tertiary/aromatic N) is 1. The molecule has 102 valence electrons. The average molecular weight is 300 g/mol. The molecule has 2 aromatic heterocycles. The lowest BCUT2D eigenvalue weighted by Crippen LogP contribution is -2.10. The van der Waals surface area contributed by atoms with Gasteiger partial charge in [0.1, 0.15) is 0 Å². The van der Waals surface area contributed by atoms with Crippen LogP contribution < -0.4 is 5.32 Å². The third kappa shape index (κ3) is 3.33. The van der Waals surface area contributed by atoms with Gasteiger partial charge in [-0.2, -0.15) is 0 Å². The number of aryl methyl sites for hydroxylation is 1. The Labute approximate surface area is 127 Å². The predicted molar refractivity (Wildman–Crippen MR) is 87.1 cm³/mol. The summed E-state index contributed by atoms with van der Waals surface area (Å²) in [5.74, 6) is 0. The van der Waals surface area contributed by atoms with Gasteiger partial charge in [0.25, 0.3) is 0 Å². The van der Waals surface area contributed by atoms with Crippen LogP contribution in [-0.2, 0) is 13.1 Å². The first kappa shape index (κ1) is 13.5. The summed E-state index contributed by atoms with van der Waals surface area (Å²) in [6.45, 7) is 3.85. The van der Waals surface area contributed by atoms with E-state index in [-0.39, 0.29) is 0 Å². The van der Waals surface area contributed by atoms with E-state index in [4.69, 9.17) is 0 Å². The smallest absolute Gasteiger partial charge is 0.0897 e. The maximum atomic E-state index is 4.27. The van der Waals surface area contributed by atoms with Crippen LogP contribution >= 0.6 is 22.7 Å². The van der Waals surface area contributed by atoms with Crippen molar-refractivity contribution >= 4 is 22.7 Å². The zero-order valence-corrected chi connectivity index (χ0v) is 12.9. The minimum atomic E-state index is 0.893. The van der Waals surface area contributed by atoms with E-state index in [9.17, 15) is 0 Å². The maximum Gasteiger partial charge on any atom is 0.0897 e. The van der Waals surface area contributed by atoms with E-state index in [1.54, 1.807) is 11.3 Å². The summed E-state index contributed by atoms with van der Waals surface area (Å²) in [7, 11) is 0. The first-order valence-electron chi connectivity index (χ1n) is 6.57. The van der Waals surface area contributed by atoms with E-state index in [0.717, 1.165) is 18.1 Å². The normalized spacial score (nSPS) is 10.8. The summed E-state index contributed by atoms with van der Waals surface area (Å²) in [4.78, 5) is 8.26. The third-order valence-corrected chi connectivity index (χ3v) is 5.03. The summed E-state index contributed by atoms with van der Waals surface area (Å²) in [5, 5.41) is 4.61. The summed E-state index contributed by atoms with van der Waals surface area (Å²) in [5.41, 5.74) is 1.29. The zero-order valence-electron chi connectivity index (χ0n) is 11.3. The largest absolute Gasteiger partial charge is 0.307 e. The minimum absolute atomic E-state index is 0.893. The molecular formula is C16H16N2S2. The van der Waals surface area contributed by atoms with Crippen molar-refractivity contribution in [2.75, 3.05) is 0 Å². The fourth-order valence-electron chi connectivity index (χ4n) is 2.03. The number of aromatic nitrogens is 1. The molecule has 0 bridgehead atoms. The van der Waals surface area contributed by atoms with Crippen LogP contribution in [0.5, 0.6) is 0 Å². The van der Waals surface area contributed by atoms with E-state index in [1.165, 1.54) is 20.2 Å². The van der Waals surface area contributed by atoms with Crippen LogP contribution in [0, 0.1) is 6.92 Å². The predicted octanol–water partition coefficient (Wildman–Crippen LogP) is 4.47. The van der Waals surface area contributed by atoms with Crippen LogP contribution in [0.25, 0.3) is 10.4 Å². The number of nitrogens with one attached hydrogen (secondary N) is 1. The van der Waals surface area contributed by atoms with Gasteiger partial charge in [-0.25, -0.2) is 4.98 Å². The van der Waals surface area contributed by atoms with Crippen LogP contribution in [0.4, 0.5) is 0 Å². The van der Waals surface area contributed by atoms with Crippen molar-refractivity contribution < 1.29 is 0 Å². The standard InChI is InChI=1S/C16H16N2S2/c1-12-18-11-15(19-12)10-17-9-14-7-8-16(20-14)13-5-3-2-4-6-13/h2-8,11,17H,9-10H2,1H3. The van der Waals surface area contributed by atoms with Crippen LogP contribution in [0.2, 0.25) is 0 Å². The summed E-state index contributed by atoms with van der Waals surface area (Å²) < 4.78 is 0. The molecule has 0 saturated carbocycles. The van der Waals surface area contributed by atoms with Gasteiger partial charge >= 0.3 is 0 Å². The zero-order chi connectivity index (χ0) is 13.8. The summed E-state index contributed by atoms with van der Waals surface area (Å²) >= 11 is 3.61. The molecule has 0 aliphatic heterocycles. The second-order valence-electron chi connectivity index (χ2n) is 4.58. The molecule has 4 heteroatoms. The van der Waals surface area contributed by atoms with E-state index >= 15 is 0 Å². The van der Waals surface area contributed by atoms with Crippen LogP contribution in [0.1, 0.15) is 14.8 Å². The molecule has 20 heavy (non-hydrogen) atoms. The Morgan fingerprint density at radius 1 is 0.950 bits per heavy atom. The topological polar surface area (TPSA) is 24.9 Å². The Hall–Kier alpha value is -1.49. The van der Waals surface area contributed by atoms with E-state index in [1.807, 2.05) is 24.5 Å². The van der Waals surface area contributed by atoms with Crippen molar-refractivity contribution in [1.82, 2.24) is 10.3 Å². The maximum absolute atomic E-state index is 4.27. The van der Waals surface area contributed by atoms with Gasteiger partial charge in [0.05, 0.1) is 5.01 Å². The lowest BCUT2D eigenvalue weighted by molar-refractivity contribution is 0.708. The van der Waals surface area contributed by atoms with Gasteiger partial charge in [0, 0.05) is 33.9 Å². The SMILES string of the molecule is Cc1ncc(CNCc2ccc(-c3ccccc3)s2)s1. The summed E-state index contributed by atoms with van der Waals surface area (Å²) in [6.07, 6.45) is 1.96. The van der Waals surface area contributed by atoms with Gasteiger partial charge in [-0.1, -0.05) is 30.3 Å². The molecule has 0 atom stereocenters. The molecule has 0 aliphatic rings. The Balaban J connectivity index is 1.58. The fourth-order valence-corrected chi connectivity index (χ4v) is 3.77. The minimum Gasteiger partial charge on any atom is -0.307 e. The quantitative estimate of drug-likeness (QED) is 0.752. The molecule has 1 N–H and O–H groups in total. The number of thiazole rings is 1. The molecule has 1 aromatic carbocycles. The highest BCUT2D eigenvalue weighted by Crippen LogP contribution is 2.27. The van der Waals surface area contributed by atoms with Crippen LogP contribution in [-0.4, -0.2) is 4.98 Å². The molecule has 2 heterocycles. The van der Waals surface area contributed by atoms with Crippen LogP contribution in [0.3, 0.4) is 0 Å². The van der Waals surface area contributed by atoms with Crippen molar-refractivity contribution in [2.45, 2.75) is 20.0 Å². The second-order valence-corrected chi connectivity index (χ2v) is 7.07. The first-order valence-corrected chi connectivity index (χ1v) is 8.21. The lowest BCUT2D eigenvalue weighted by atomic mass is 10.2. The highest BCUT2D eigenvalue weighted by molar-refractivity contribution is 7.15. The Morgan fingerprint density at radius 3 is 2.50 bits per heavy atom. The van der Waals surface area contributed by atoms with Crippen molar-refractivity contribution in [1.29, 1.82) is 0 Å². The van der Waals surface area contributed by atoms with Crippen molar-refractivity contribution in [3.05, 3.63) is 63.4 Å². The summed E-state index contributed by atoms with van der Waals surface area (Å²) in [6, 6.07) is 14.9. The third-order valence-electron chi connectivity index (χ3n) is 2.99. The van der Waals surface area contributed by atoms with Crippen molar-refractivity contribution in [3.8, 4) is 10.4 Å². The molecular weight excluding hydrogens is 284 g/mol. The second kappa shape index (κ2) is 6.31. The van der Waals surface area contributed by atoms with E-state index in [0.29, 0.717) is 0 Å². The molecule has 0 unspecified atom stereocenters. The molecule has 0 amide bonds. The number of hydrogen-bond donors (Lipinski definition) is 1. The lowest BCUT2D eigenvalue weighted by Gasteiger charge is -2.00. The Bertz CT molecular complexity index is 671. The van der Waals surface area contributed by atoms with Gasteiger partial charge in [-0.15, -0.1) is 22.7 Å². The fraction of sp³-hybridized carbons (Fsp3) is 0.188. The molecule has 2 nitrogen and oxygen atoms in total. The number of rotatable bonds is 5.